The van der Waals surface area contributed by atoms with Gasteiger partial charge in [0, 0.05) is 43.5 Å². The van der Waals surface area contributed by atoms with E-state index in [-0.39, 0.29) is 5.78 Å². The summed E-state index contributed by atoms with van der Waals surface area (Å²) >= 11 is 5.60. The van der Waals surface area contributed by atoms with Crippen molar-refractivity contribution in [1.82, 2.24) is 9.80 Å². The number of thiocarbonyl (C=S) groups is 1. The molecule has 1 fully saturated rings. The van der Waals surface area contributed by atoms with Gasteiger partial charge in [0.1, 0.15) is 0 Å². The highest BCUT2D eigenvalue weighted by Gasteiger charge is 2.29. The predicted molar refractivity (Wildman–Crippen MR) is 113 cm³/mol. The standard InChI is InChI=1S/C22H25N3OS/c1-16(26)17-6-8-20(9-7-17)23-22(27)25-12-10-24(11-13-25)21-14-18-4-2-3-5-19(18)15-21/h2-9,21H,10-15H2,1H3,(H,23,27). The molecule has 4 rings (SSSR count). The van der Waals surface area contributed by atoms with Crippen molar-refractivity contribution < 1.29 is 4.79 Å². The van der Waals surface area contributed by atoms with Crippen LogP contribution < -0.4 is 5.32 Å². The summed E-state index contributed by atoms with van der Waals surface area (Å²) in [6, 6.07) is 16.9. The van der Waals surface area contributed by atoms with E-state index < -0.39 is 0 Å². The van der Waals surface area contributed by atoms with E-state index in [0.29, 0.717) is 6.04 Å². The molecule has 0 saturated carbocycles. The Hall–Kier alpha value is -2.24. The molecular weight excluding hydrogens is 354 g/mol. The topological polar surface area (TPSA) is 35.6 Å². The van der Waals surface area contributed by atoms with Crippen LogP contribution in [0.5, 0.6) is 0 Å². The van der Waals surface area contributed by atoms with E-state index in [4.69, 9.17) is 12.2 Å². The summed E-state index contributed by atoms with van der Waals surface area (Å²) in [6.45, 7) is 5.57. The highest BCUT2D eigenvalue weighted by molar-refractivity contribution is 7.80. The van der Waals surface area contributed by atoms with Gasteiger partial charge in [0.05, 0.1) is 0 Å². The molecule has 0 unspecified atom stereocenters. The van der Waals surface area contributed by atoms with Crippen LogP contribution in [0.4, 0.5) is 5.69 Å². The van der Waals surface area contributed by atoms with E-state index in [2.05, 4.69) is 39.4 Å². The van der Waals surface area contributed by atoms with Gasteiger partial charge in [-0.25, -0.2) is 0 Å². The predicted octanol–water partition coefficient (Wildman–Crippen LogP) is 3.37. The number of Topliss-reactive ketones (excluding diaryl/α,β-unsaturated/α-hetero) is 1. The molecule has 2 aromatic carbocycles. The SMILES string of the molecule is CC(=O)c1ccc(NC(=S)N2CCN(C3Cc4ccccc4C3)CC2)cc1. The van der Waals surface area contributed by atoms with Crippen LogP contribution in [0.25, 0.3) is 0 Å². The van der Waals surface area contributed by atoms with Crippen molar-refractivity contribution in [2.24, 2.45) is 0 Å². The number of hydrogen-bond acceptors (Lipinski definition) is 3. The molecule has 1 N–H and O–H groups in total. The number of piperazine rings is 1. The van der Waals surface area contributed by atoms with Crippen LogP contribution in [0.15, 0.2) is 48.5 Å². The lowest BCUT2D eigenvalue weighted by atomic mass is 10.1. The average Bonchev–Trinajstić information content (AvgIpc) is 3.13. The summed E-state index contributed by atoms with van der Waals surface area (Å²) in [5.74, 6) is 0.0781. The lowest BCUT2D eigenvalue weighted by Gasteiger charge is -2.39. The smallest absolute Gasteiger partial charge is 0.173 e. The summed E-state index contributed by atoms with van der Waals surface area (Å²) in [5.41, 5.74) is 4.67. The Balaban J connectivity index is 1.29. The van der Waals surface area contributed by atoms with Gasteiger partial charge in [-0.2, -0.15) is 0 Å². The Labute approximate surface area is 166 Å². The van der Waals surface area contributed by atoms with Crippen LogP contribution in [0.1, 0.15) is 28.4 Å². The third kappa shape index (κ3) is 4.04. The van der Waals surface area contributed by atoms with Crippen molar-refractivity contribution in [1.29, 1.82) is 0 Å². The van der Waals surface area contributed by atoms with Crippen LogP contribution in [0.2, 0.25) is 0 Å². The number of hydrogen-bond donors (Lipinski definition) is 1. The minimum absolute atomic E-state index is 0.0781. The molecule has 0 radical (unpaired) electrons. The number of carbonyl (C=O) groups excluding carboxylic acids is 1. The van der Waals surface area contributed by atoms with Gasteiger partial charge in [0.15, 0.2) is 10.9 Å². The summed E-state index contributed by atoms with van der Waals surface area (Å²) in [6.07, 6.45) is 2.34. The first-order chi connectivity index (χ1) is 13.1. The van der Waals surface area contributed by atoms with E-state index >= 15 is 0 Å². The molecule has 0 atom stereocenters. The maximum Gasteiger partial charge on any atom is 0.173 e. The van der Waals surface area contributed by atoms with Crippen LogP contribution in [-0.2, 0) is 12.8 Å². The second kappa shape index (κ2) is 7.79. The largest absolute Gasteiger partial charge is 0.346 e. The maximum absolute atomic E-state index is 11.4. The fourth-order valence-corrected chi connectivity index (χ4v) is 4.38. The number of carbonyl (C=O) groups is 1. The van der Waals surface area contributed by atoms with Gasteiger partial charge in [-0.3, -0.25) is 9.69 Å². The molecule has 140 valence electrons. The molecule has 1 saturated heterocycles. The van der Waals surface area contributed by atoms with Gasteiger partial charge in [0.25, 0.3) is 0 Å². The van der Waals surface area contributed by atoms with Gasteiger partial charge in [-0.05, 0) is 67.4 Å². The zero-order chi connectivity index (χ0) is 18.8. The molecular formula is C22H25N3OS. The first-order valence-corrected chi connectivity index (χ1v) is 9.99. The Morgan fingerprint density at radius 1 is 0.963 bits per heavy atom. The van der Waals surface area contributed by atoms with Crippen molar-refractivity contribution in [3.63, 3.8) is 0 Å². The van der Waals surface area contributed by atoms with Crippen LogP contribution in [0.3, 0.4) is 0 Å². The van der Waals surface area contributed by atoms with Gasteiger partial charge >= 0.3 is 0 Å². The monoisotopic (exact) mass is 379 g/mol. The van der Waals surface area contributed by atoms with E-state index in [1.807, 2.05) is 24.3 Å². The third-order valence-electron chi connectivity index (χ3n) is 5.69. The summed E-state index contributed by atoms with van der Waals surface area (Å²) in [7, 11) is 0. The molecule has 0 amide bonds. The van der Waals surface area contributed by atoms with Crippen LogP contribution in [-0.4, -0.2) is 52.9 Å². The summed E-state index contributed by atoms with van der Waals surface area (Å²) in [4.78, 5) is 16.2. The molecule has 2 aliphatic rings. The zero-order valence-electron chi connectivity index (χ0n) is 15.6. The number of nitrogens with zero attached hydrogens (tertiary/aromatic N) is 2. The lowest BCUT2D eigenvalue weighted by molar-refractivity contribution is 0.101. The van der Waals surface area contributed by atoms with Gasteiger partial charge in [-0.1, -0.05) is 24.3 Å². The van der Waals surface area contributed by atoms with E-state index in [1.54, 1.807) is 6.92 Å². The molecule has 5 heteroatoms. The number of anilines is 1. The van der Waals surface area contributed by atoms with E-state index in [1.165, 1.54) is 24.0 Å². The number of rotatable bonds is 3. The normalized spacial score (nSPS) is 17.6. The second-order valence-electron chi connectivity index (χ2n) is 7.42. The number of fused-ring (bicyclic) bond motifs is 1. The minimum Gasteiger partial charge on any atom is -0.346 e. The van der Waals surface area contributed by atoms with Crippen molar-refractivity contribution in [2.45, 2.75) is 25.8 Å². The molecule has 0 bridgehead atoms. The Kier molecular flexibility index (Phi) is 5.23. The Bertz CT molecular complexity index is 816. The van der Waals surface area contributed by atoms with Crippen molar-refractivity contribution in [3.05, 3.63) is 65.2 Å². The first-order valence-electron chi connectivity index (χ1n) is 9.58. The fourth-order valence-electron chi connectivity index (χ4n) is 4.07. The van der Waals surface area contributed by atoms with Crippen molar-refractivity contribution in [2.75, 3.05) is 31.5 Å². The quantitative estimate of drug-likeness (QED) is 0.654. The van der Waals surface area contributed by atoms with Gasteiger partial charge in [-0.15, -0.1) is 0 Å². The highest BCUT2D eigenvalue weighted by Crippen LogP contribution is 2.26. The fraction of sp³-hybridized carbons (Fsp3) is 0.364. The van der Waals surface area contributed by atoms with Crippen molar-refractivity contribution >= 4 is 28.8 Å². The van der Waals surface area contributed by atoms with Gasteiger partial charge < -0.3 is 10.2 Å². The summed E-state index contributed by atoms with van der Waals surface area (Å²) in [5, 5.41) is 4.07. The maximum atomic E-state index is 11.4. The average molecular weight is 380 g/mol. The molecule has 1 heterocycles. The second-order valence-corrected chi connectivity index (χ2v) is 7.80. The summed E-state index contributed by atoms with van der Waals surface area (Å²) < 4.78 is 0. The molecule has 2 aromatic rings. The molecule has 4 nitrogen and oxygen atoms in total. The Morgan fingerprint density at radius 2 is 1.56 bits per heavy atom. The highest BCUT2D eigenvalue weighted by atomic mass is 32.1. The van der Waals surface area contributed by atoms with Crippen LogP contribution in [0, 0.1) is 0 Å². The number of nitrogens with one attached hydrogen (secondary N) is 1. The molecule has 1 aliphatic heterocycles. The van der Waals surface area contributed by atoms with Crippen molar-refractivity contribution in [3.8, 4) is 0 Å². The van der Waals surface area contributed by atoms with E-state index in [9.17, 15) is 4.79 Å². The number of benzene rings is 2. The minimum atomic E-state index is 0.0781. The first kappa shape index (κ1) is 18.1. The molecule has 0 spiro atoms. The third-order valence-corrected chi connectivity index (χ3v) is 6.05. The lowest BCUT2D eigenvalue weighted by Crippen LogP contribution is -2.53. The molecule has 1 aliphatic carbocycles. The Morgan fingerprint density at radius 3 is 2.11 bits per heavy atom. The molecule has 0 aromatic heterocycles. The number of ketones is 1. The zero-order valence-corrected chi connectivity index (χ0v) is 16.5. The molecule has 27 heavy (non-hydrogen) atoms. The van der Waals surface area contributed by atoms with Crippen LogP contribution >= 0.6 is 12.2 Å². The van der Waals surface area contributed by atoms with E-state index in [0.717, 1.165) is 42.5 Å². The van der Waals surface area contributed by atoms with Gasteiger partial charge in [0.2, 0.25) is 0 Å².